The van der Waals surface area contributed by atoms with E-state index in [0.717, 1.165) is 38.5 Å². The van der Waals surface area contributed by atoms with Crippen LogP contribution >= 0.6 is 0 Å². The summed E-state index contributed by atoms with van der Waals surface area (Å²) in [6, 6.07) is 8.01. The van der Waals surface area contributed by atoms with E-state index >= 15 is 0 Å². The number of hydrogen-bond acceptors (Lipinski definition) is 9. The zero-order chi connectivity index (χ0) is 25.3. The lowest BCUT2D eigenvalue weighted by molar-refractivity contribution is -0.176. The Labute approximate surface area is 201 Å². The minimum atomic E-state index is -6.04. The maximum Gasteiger partial charge on any atom is 0.524 e. The molecule has 0 aromatic heterocycles. The van der Waals surface area contributed by atoms with Crippen LogP contribution in [0.25, 0.3) is 0 Å². The van der Waals surface area contributed by atoms with E-state index < -0.39 is 58.7 Å². The molecular formula is C23H26F2O9S. The van der Waals surface area contributed by atoms with Crippen LogP contribution in [0.4, 0.5) is 13.6 Å². The van der Waals surface area contributed by atoms with Crippen LogP contribution < -0.4 is 0 Å². The minimum Gasteiger partial charge on any atom is -0.462 e. The summed E-state index contributed by atoms with van der Waals surface area (Å²) in [7, 11) is -6.04. The highest BCUT2D eigenvalue weighted by Crippen LogP contribution is 2.60. The van der Waals surface area contributed by atoms with Gasteiger partial charge in [0.05, 0.1) is 5.41 Å². The molecular weight excluding hydrogens is 490 g/mol. The fourth-order valence-corrected chi connectivity index (χ4v) is 6.45. The second-order valence-electron chi connectivity index (χ2n) is 9.55. The van der Waals surface area contributed by atoms with Crippen LogP contribution in [0, 0.1) is 23.2 Å². The molecule has 0 aliphatic heterocycles. The van der Waals surface area contributed by atoms with Crippen molar-refractivity contribution >= 4 is 28.2 Å². The number of rotatable bonds is 9. The summed E-state index contributed by atoms with van der Waals surface area (Å²) >= 11 is 0. The van der Waals surface area contributed by atoms with E-state index in [1.165, 1.54) is 0 Å². The number of hydrogen-bond donors (Lipinski definition) is 0. The highest BCUT2D eigenvalue weighted by Gasteiger charge is 2.58. The van der Waals surface area contributed by atoms with Gasteiger partial charge in [-0.3, -0.25) is 4.79 Å². The minimum absolute atomic E-state index is 0.430. The van der Waals surface area contributed by atoms with Gasteiger partial charge in [0.2, 0.25) is 0 Å². The monoisotopic (exact) mass is 516 g/mol. The van der Waals surface area contributed by atoms with Crippen LogP contribution in [0.1, 0.15) is 44.1 Å². The van der Waals surface area contributed by atoms with E-state index in [2.05, 4.69) is 13.7 Å². The Kier molecular flexibility index (Phi) is 7.03. The predicted octanol–water partition coefficient (Wildman–Crippen LogP) is 3.57. The van der Waals surface area contributed by atoms with Gasteiger partial charge in [-0.15, -0.1) is 0 Å². The molecule has 1 aromatic carbocycles. The summed E-state index contributed by atoms with van der Waals surface area (Å²) < 4.78 is 69.4. The van der Waals surface area contributed by atoms with Crippen molar-refractivity contribution in [3.05, 3.63) is 35.9 Å². The average molecular weight is 517 g/mol. The second kappa shape index (κ2) is 9.71. The van der Waals surface area contributed by atoms with E-state index in [-0.39, 0.29) is 0 Å². The van der Waals surface area contributed by atoms with E-state index in [4.69, 9.17) is 4.74 Å². The number of esters is 2. The van der Waals surface area contributed by atoms with Gasteiger partial charge in [0.1, 0.15) is 19.8 Å². The van der Waals surface area contributed by atoms with Gasteiger partial charge in [-0.1, -0.05) is 30.3 Å². The van der Waals surface area contributed by atoms with Crippen molar-refractivity contribution in [3.63, 3.8) is 0 Å². The van der Waals surface area contributed by atoms with Gasteiger partial charge in [0.15, 0.2) is 0 Å². The topological polar surface area (TPSA) is 122 Å². The number of alkyl halides is 2. The van der Waals surface area contributed by atoms with Crippen molar-refractivity contribution in [2.45, 2.75) is 50.4 Å². The Bertz CT molecular complexity index is 1040. The molecule has 0 N–H and O–H groups in total. The first kappa shape index (κ1) is 25.3. The maximum absolute atomic E-state index is 14.1. The summed E-state index contributed by atoms with van der Waals surface area (Å²) in [5, 5.41) is -5.18. The number of ether oxygens (including phenoxy) is 3. The number of carbonyl (C=O) groups excluding carboxylic acids is 3. The van der Waals surface area contributed by atoms with Crippen LogP contribution in [0.3, 0.4) is 0 Å². The number of halogens is 2. The summed E-state index contributed by atoms with van der Waals surface area (Å²) in [4.78, 5) is 36.0. The maximum atomic E-state index is 14.1. The van der Waals surface area contributed by atoms with Crippen molar-refractivity contribution in [2.75, 3.05) is 13.2 Å². The molecule has 0 heterocycles. The van der Waals surface area contributed by atoms with Crippen molar-refractivity contribution in [1.82, 2.24) is 0 Å². The molecule has 9 nitrogen and oxygen atoms in total. The van der Waals surface area contributed by atoms with Crippen molar-refractivity contribution in [3.8, 4) is 0 Å². The fourth-order valence-electron chi connectivity index (χ4n) is 5.85. The summed E-state index contributed by atoms with van der Waals surface area (Å²) in [5.74, 6) is -1.41. The zero-order valence-electron chi connectivity index (χ0n) is 18.8. The molecule has 0 atom stereocenters. The largest absolute Gasteiger partial charge is 0.524 e. The van der Waals surface area contributed by atoms with Crippen molar-refractivity contribution in [1.29, 1.82) is 0 Å². The molecule has 0 saturated heterocycles. The third kappa shape index (κ3) is 5.41. The first-order valence-electron chi connectivity index (χ1n) is 11.4. The molecule has 0 spiro atoms. The lowest BCUT2D eigenvalue weighted by Gasteiger charge is -2.55. The summed E-state index contributed by atoms with van der Waals surface area (Å²) in [5.41, 5.74) is -0.115. The Hall–Kier alpha value is -2.76. The van der Waals surface area contributed by atoms with E-state index in [1.807, 2.05) is 0 Å². The third-order valence-corrected chi connectivity index (χ3v) is 8.10. The SMILES string of the molecule is O=C(OCc1ccccc1)OS(=O)(=O)C(F)(F)C(=O)OCCOC(=O)C12CC3CC(CC(C3)C1)C2. The van der Waals surface area contributed by atoms with E-state index in [1.54, 1.807) is 30.3 Å². The van der Waals surface area contributed by atoms with Gasteiger partial charge in [-0.2, -0.15) is 17.2 Å². The molecule has 5 rings (SSSR count). The van der Waals surface area contributed by atoms with Gasteiger partial charge in [-0.25, -0.2) is 9.59 Å². The molecule has 4 fully saturated rings. The smallest absolute Gasteiger partial charge is 0.462 e. The normalized spacial score (nSPS) is 27.2. The predicted molar refractivity (Wildman–Crippen MR) is 114 cm³/mol. The van der Waals surface area contributed by atoms with Gasteiger partial charge in [-0.05, 0) is 61.8 Å². The lowest BCUT2D eigenvalue weighted by atomic mass is 9.49. The Morgan fingerprint density at radius 3 is 2.00 bits per heavy atom. The van der Waals surface area contributed by atoms with Crippen LogP contribution in [0.2, 0.25) is 0 Å². The molecule has 0 radical (unpaired) electrons. The third-order valence-electron chi connectivity index (χ3n) is 6.95. The summed E-state index contributed by atoms with van der Waals surface area (Å²) in [6.07, 6.45) is 3.66. The number of benzene rings is 1. The van der Waals surface area contributed by atoms with Crippen LogP contribution in [0.15, 0.2) is 30.3 Å². The molecule has 4 aliphatic carbocycles. The molecule has 4 bridgehead atoms. The van der Waals surface area contributed by atoms with Crippen LogP contribution in [0.5, 0.6) is 0 Å². The van der Waals surface area contributed by atoms with Gasteiger partial charge >= 0.3 is 33.5 Å². The van der Waals surface area contributed by atoms with Gasteiger partial charge in [0.25, 0.3) is 0 Å². The van der Waals surface area contributed by atoms with Crippen LogP contribution in [-0.4, -0.2) is 45.0 Å². The van der Waals surface area contributed by atoms with Gasteiger partial charge in [0, 0.05) is 0 Å². The molecule has 4 saturated carbocycles. The molecule has 35 heavy (non-hydrogen) atoms. The highest BCUT2D eigenvalue weighted by molar-refractivity contribution is 7.89. The molecule has 0 unspecified atom stereocenters. The lowest BCUT2D eigenvalue weighted by Crippen LogP contribution is -2.50. The second-order valence-corrected chi connectivity index (χ2v) is 11.1. The summed E-state index contributed by atoms with van der Waals surface area (Å²) in [6.45, 7) is -1.71. The quantitative estimate of drug-likeness (QED) is 0.210. The van der Waals surface area contributed by atoms with E-state index in [0.29, 0.717) is 23.3 Å². The molecule has 192 valence electrons. The number of carbonyl (C=O) groups is 3. The van der Waals surface area contributed by atoms with Crippen molar-refractivity contribution in [2.24, 2.45) is 23.2 Å². The van der Waals surface area contributed by atoms with Crippen molar-refractivity contribution < 1.29 is 50.0 Å². The Balaban J connectivity index is 1.22. The average Bonchev–Trinajstić information content (AvgIpc) is 2.79. The van der Waals surface area contributed by atoms with Gasteiger partial charge < -0.3 is 18.4 Å². The molecule has 4 aliphatic rings. The highest BCUT2D eigenvalue weighted by atomic mass is 32.2. The molecule has 12 heteroatoms. The zero-order valence-corrected chi connectivity index (χ0v) is 19.6. The fraction of sp³-hybridized carbons (Fsp3) is 0.609. The van der Waals surface area contributed by atoms with Crippen LogP contribution in [-0.2, 0) is 44.7 Å². The molecule has 0 amide bonds. The first-order chi connectivity index (χ1) is 16.5. The first-order valence-corrected chi connectivity index (χ1v) is 12.8. The Morgan fingerprint density at radius 2 is 1.43 bits per heavy atom. The Morgan fingerprint density at radius 1 is 0.886 bits per heavy atom. The standard InChI is InChI=1S/C23H26F2O9S/c24-23(25,35(29,30)34-21(28)33-14-15-4-2-1-3-5-15)20(27)32-7-6-31-19(26)22-11-16-8-17(12-22)10-18(9-16)13-22/h1-5,16-18H,6-14H2. The van der Waals surface area contributed by atoms with E-state index in [9.17, 15) is 31.6 Å². The molecule has 1 aromatic rings.